The summed E-state index contributed by atoms with van der Waals surface area (Å²) in [5.41, 5.74) is 1.93. The van der Waals surface area contributed by atoms with Crippen LogP contribution in [0.3, 0.4) is 0 Å². The van der Waals surface area contributed by atoms with Gasteiger partial charge in [-0.25, -0.2) is 0 Å². The van der Waals surface area contributed by atoms with Crippen molar-refractivity contribution in [2.45, 2.75) is 0 Å². The molecule has 2 aromatic carbocycles. The van der Waals surface area contributed by atoms with Gasteiger partial charge in [-0.3, -0.25) is 4.98 Å². The maximum Gasteiger partial charge on any atom is 0.0853 e. The monoisotopic (exact) mass is 311 g/mol. The fraction of sp³-hybridized carbons (Fsp3) is 0. The molecular formula is C16H11N2OZn-. The van der Waals surface area contributed by atoms with Crippen LogP contribution in [-0.2, 0) is 19.5 Å². The number of hydrogen-bond donors (Lipinski definition) is 0. The Balaban J connectivity index is 0.00000147. The Labute approximate surface area is 129 Å². The van der Waals surface area contributed by atoms with Crippen molar-refractivity contribution >= 4 is 22.5 Å². The molecule has 0 atom stereocenters. The van der Waals surface area contributed by atoms with Gasteiger partial charge in [0, 0.05) is 25.7 Å². The second-order valence-corrected chi connectivity index (χ2v) is 4.14. The zero-order valence-electron chi connectivity index (χ0n) is 10.9. The van der Waals surface area contributed by atoms with Gasteiger partial charge in [0.15, 0.2) is 0 Å². The van der Waals surface area contributed by atoms with Crippen molar-refractivity contribution in [1.82, 2.24) is 4.98 Å². The molecule has 3 nitrogen and oxygen atoms in total. The maximum absolute atomic E-state index is 12.1. The Morgan fingerprint density at radius 3 is 2.45 bits per heavy atom. The van der Waals surface area contributed by atoms with Crippen LogP contribution >= 0.6 is 0 Å². The van der Waals surface area contributed by atoms with Crippen LogP contribution in [0, 0.1) is 0 Å². The summed E-state index contributed by atoms with van der Waals surface area (Å²) in [5.74, 6) is -0.251. The Kier molecular flexibility index (Phi) is 4.59. The minimum atomic E-state index is -0.251. The molecule has 0 saturated heterocycles. The van der Waals surface area contributed by atoms with Crippen molar-refractivity contribution in [3.63, 3.8) is 0 Å². The van der Waals surface area contributed by atoms with Crippen LogP contribution in [0.5, 0.6) is 0 Å². The van der Waals surface area contributed by atoms with Crippen LogP contribution < -0.4 is 0 Å². The van der Waals surface area contributed by atoms with E-state index in [0.717, 1.165) is 10.9 Å². The largest absolute Gasteiger partial charge is 0.621 e. The predicted molar refractivity (Wildman–Crippen MR) is 75.5 cm³/mol. The molecule has 1 aromatic heterocycles. The van der Waals surface area contributed by atoms with Gasteiger partial charge in [0.2, 0.25) is 0 Å². The summed E-state index contributed by atoms with van der Waals surface area (Å²) < 4.78 is 0. The van der Waals surface area contributed by atoms with Crippen molar-refractivity contribution in [1.29, 1.82) is 0 Å². The van der Waals surface area contributed by atoms with Gasteiger partial charge in [0.25, 0.3) is 0 Å². The summed E-state index contributed by atoms with van der Waals surface area (Å²) in [7, 11) is 0. The Bertz CT molecular complexity index is 723. The van der Waals surface area contributed by atoms with E-state index in [-0.39, 0.29) is 25.4 Å². The molecule has 94 valence electrons. The smallest absolute Gasteiger partial charge is 0.0853 e. The number of amides is 1. The Hall–Kier alpha value is -2.06. The first-order chi connectivity index (χ1) is 9.34. The van der Waals surface area contributed by atoms with Gasteiger partial charge in [-0.1, -0.05) is 54.6 Å². The third kappa shape index (κ3) is 2.92. The summed E-state index contributed by atoms with van der Waals surface area (Å²) in [6.07, 6.45) is 1.70. The zero-order chi connectivity index (χ0) is 13.1. The molecule has 0 saturated carbocycles. The molecule has 0 radical (unpaired) electrons. The van der Waals surface area contributed by atoms with Gasteiger partial charge in [-0.2, -0.15) is 0 Å². The van der Waals surface area contributed by atoms with Gasteiger partial charge in [0.1, 0.15) is 0 Å². The van der Waals surface area contributed by atoms with E-state index < -0.39 is 0 Å². The molecule has 0 bridgehead atoms. The third-order valence-corrected chi connectivity index (χ3v) is 2.85. The quantitative estimate of drug-likeness (QED) is 0.669. The molecule has 1 amide bonds. The van der Waals surface area contributed by atoms with E-state index in [9.17, 15) is 4.79 Å². The van der Waals surface area contributed by atoms with Crippen molar-refractivity contribution in [2.24, 2.45) is 0 Å². The topological polar surface area (TPSA) is 44.1 Å². The van der Waals surface area contributed by atoms with Gasteiger partial charge in [-0.05, 0) is 17.0 Å². The second kappa shape index (κ2) is 6.40. The van der Waals surface area contributed by atoms with Gasteiger partial charge in [-0.15, -0.1) is 5.69 Å². The van der Waals surface area contributed by atoms with Crippen LogP contribution in [0.4, 0.5) is 5.69 Å². The molecule has 3 aromatic rings. The van der Waals surface area contributed by atoms with Crippen LogP contribution in [-0.4, -0.2) is 10.9 Å². The number of pyridine rings is 1. The summed E-state index contributed by atoms with van der Waals surface area (Å²) >= 11 is 0. The third-order valence-electron chi connectivity index (χ3n) is 2.85. The zero-order valence-corrected chi connectivity index (χ0v) is 13.8. The van der Waals surface area contributed by atoms with E-state index in [1.165, 1.54) is 0 Å². The van der Waals surface area contributed by atoms with Gasteiger partial charge >= 0.3 is 0 Å². The average molecular weight is 313 g/mol. The minimum Gasteiger partial charge on any atom is -0.621 e. The number of nitrogens with zero attached hydrogens (tertiary/aromatic N) is 2. The van der Waals surface area contributed by atoms with Crippen molar-refractivity contribution in [3.05, 3.63) is 77.7 Å². The number of hydrogen-bond acceptors (Lipinski definition) is 2. The molecule has 0 N–H and O–H groups in total. The Morgan fingerprint density at radius 2 is 1.65 bits per heavy atom. The summed E-state index contributed by atoms with van der Waals surface area (Å²) in [6.45, 7) is 0. The van der Waals surface area contributed by atoms with E-state index in [0.29, 0.717) is 11.3 Å². The SMILES string of the molecule is O=C([N-]c1cccc2cccnc12)c1ccccc1.[Zn]. The average Bonchev–Trinajstić information content (AvgIpc) is 2.48. The van der Waals surface area contributed by atoms with E-state index in [2.05, 4.69) is 10.3 Å². The number of para-hydroxylation sites is 1. The molecule has 20 heavy (non-hydrogen) atoms. The normalized spacial score (nSPS) is 9.80. The fourth-order valence-corrected chi connectivity index (χ4v) is 1.93. The van der Waals surface area contributed by atoms with Crippen LogP contribution in [0.1, 0.15) is 10.4 Å². The molecule has 0 spiro atoms. The number of aromatic nitrogens is 1. The summed E-state index contributed by atoms with van der Waals surface area (Å²) in [4.78, 5) is 16.3. The molecule has 0 fully saturated rings. The summed E-state index contributed by atoms with van der Waals surface area (Å²) in [5, 5.41) is 5.13. The molecule has 0 aliphatic heterocycles. The minimum absolute atomic E-state index is 0. The molecular weight excluding hydrogens is 302 g/mol. The Morgan fingerprint density at radius 1 is 0.900 bits per heavy atom. The molecule has 0 aliphatic carbocycles. The van der Waals surface area contributed by atoms with Crippen LogP contribution in [0.15, 0.2) is 66.9 Å². The van der Waals surface area contributed by atoms with Crippen molar-refractivity contribution < 1.29 is 24.3 Å². The summed E-state index contributed by atoms with van der Waals surface area (Å²) in [6, 6.07) is 18.5. The number of rotatable bonds is 2. The number of benzene rings is 2. The first-order valence-electron chi connectivity index (χ1n) is 5.99. The van der Waals surface area contributed by atoms with E-state index in [4.69, 9.17) is 0 Å². The first kappa shape index (κ1) is 14.4. The number of carbonyl (C=O) groups excluding carboxylic acids is 1. The van der Waals surface area contributed by atoms with Gasteiger partial charge < -0.3 is 10.1 Å². The molecule has 3 rings (SSSR count). The first-order valence-corrected chi connectivity index (χ1v) is 5.99. The molecule has 0 aliphatic rings. The second-order valence-electron chi connectivity index (χ2n) is 4.14. The predicted octanol–water partition coefficient (Wildman–Crippen LogP) is 4.08. The van der Waals surface area contributed by atoms with Crippen LogP contribution in [0.25, 0.3) is 16.2 Å². The number of carbonyl (C=O) groups is 1. The van der Waals surface area contributed by atoms with E-state index in [1.807, 2.05) is 42.5 Å². The van der Waals surface area contributed by atoms with E-state index >= 15 is 0 Å². The molecule has 4 heteroatoms. The number of fused-ring (bicyclic) bond motifs is 1. The fourth-order valence-electron chi connectivity index (χ4n) is 1.93. The maximum atomic E-state index is 12.1. The van der Waals surface area contributed by atoms with E-state index in [1.54, 1.807) is 24.4 Å². The molecule has 1 heterocycles. The van der Waals surface area contributed by atoms with Crippen molar-refractivity contribution in [2.75, 3.05) is 0 Å². The van der Waals surface area contributed by atoms with Crippen molar-refractivity contribution in [3.8, 4) is 0 Å². The van der Waals surface area contributed by atoms with Gasteiger partial charge in [0.05, 0.1) is 11.4 Å². The standard InChI is InChI=1S/C16H12N2O.Zn/c19-16(13-6-2-1-3-7-13)18-14-10-4-8-12-9-5-11-17-15(12)14;/h1-11H,(H,18,19);/p-1. The van der Waals surface area contributed by atoms with Crippen LogP contribution in [0.2, 0.25) is 0 Å². The molecule has 0 unspecified atom stereocenters.